The monoisotopic (exact) mass is 170 g/mol. The Kier molecular flexibility index (Phi) is 2.14. The average molecular weight is 170 g/mol. The quantitative estimate of drug-likeness (QED) is 0.444. The van der Waals surface area contributed by atoms with Gasteiger partial charge in [-0.1, -0.05) is 0 Å². The van der Waals surface area contributed by atoms with Gasteiger partial charge in [0.25, 0.3) is 0 Å². The summed E-state index contributed by atoms with van der Waals surface area (Å²) in [7, 11) is 1.19. The predicted octanol–water partition coefficient (Wildman–Crippen LogP) is 0.0420. The molecule has 0 fully saturated rings. The second kappa shape index (κ2) is 3.08. The van der Waals surface area contributed by atoms with Crippen molar-refractivity contribution in [3.8, 4) is 0 Å². The molecule has 1 N–H and O–H groups in total. The highest BCUT2D eigenvalue weighted by Gasteiger charge is 2.20. The number of carbonyl (C=O) groups is 2. The van der Waals surface area contributed by atoms with Crippen LogP contribution in [0, 0.1) is 0 Å². The summed E-state index contributed by atoms with van der Waals surface area (Å²) in [5, 5.41) is 8.75. The number of allylic oxidation sites excluding steroid dienone is 1. The summed E-state index contributed by atoms with van der Waals surface area (Å²) in [6.07, 6.45) is 2.00. The van der Waals surface area contributed by atoms with Crippen molar-refractivity contribution in [2.24, 2.45) is 0 Å². The summed E-state index contributed by atoms with van der Waals surface area (Å²) in [6, 6.07) is 0. The number of hydrogen-bond acceptors (Lipinski definition) is 5. The maximum Gasteiger partial charge on any atom is 0.378 e. The molecule has 0 aliphatic carbocycles. The van der Waals surface area contributed by atoms with Crippen LogP contribution in [0.4, 0.5) is 0 Å². The second-order valence-corrected chi connectivity index (χ2v) is 1.99. The zero-order valence-corrected chi connectivity index (χ0v) is 6.23. The number of aliphatic hydroxyl groups excluding tert-OH is 1. The fourth-order valence-electron chi connectivity index (χ4n) is 0.629. The molecule has 1 aliphatic heterocycles. The van der Waals surface area contributed by atoms with Crippen LogP contribution in [0.25, 0.3) is 0 Å². The van der Waals surface area contributed by atoms with Crippen molar-refractivity contribution in [3.63, 3.8) is 0 Å². The van der Waals surface area contributed by atoms with Crippen molar-refractivity contribution in [2.75, 3.05) is 7.11 Å². The van der Waals surface area contributed by atoms with E-state index in [9.17, 15) is 9.59 Å². The van der Waals surface area contributed by atoms with Gasteiger partial charge >= 0.3 is 11.9 Å². The molecule has 0 aromatic carbocycles. The van der Waals surface area contributed by atoms with Crippen molar-refractivity contribution in [2.45, 2.75) is 0 Å². The molecule has 0 spiro atoms. The summed E-state index contributed by atoms with van der Waals surface area (Å²) < 4.78 is 8.69. The number of ether oxygens (including phenoxy) is 2. The van der Waals surface area contributed by atoms with E-state index < -0.39 is 17.7 Å². The highest BCUT2D eigenvalue weighted by Crippen LogP contribution is 2.14. The predicted molar refractivity (Wildman–Crippen MR) is 36.9 cm³/mol. The molecule has 1 aliphatic rings. The van der Waals surface area contributed by atoms with E-state index in [1.54, 1.807) is 0 Å². The van der Waals surface area contributed by atoms with Crippen LogP contribution in [-0.2, 0) is 19.1 Å². The number of aliphatic hydroxyl groups is 1. The average Bonchev–Trinajstić information content (AvgIpc) is 2.31. The van der Waals surface area contributed by atoms with E-state index in [4.69, 9.17) is 5.11 Å². The topological polar surface area (TPSA) is 72.8 Å². The minimum atomic E-state index is -0.870. The molecule has 5 nitrogen and oxygen atoms in total. The number of rotatable bonds is 1. The van der Waals surface area contributed by atoms with Crippen molar-refractivity contribution in [1.82, 2.24) is 0 Å². The molecule has 1 rings (SSSR count). The van der Waals surface area contributed by atoms with Crippen molar-refractivity contribution in [1.29, 1.82) is 0 Å². The van der Waals surface area contributed by atoms with Gasteiger partial charge in [-0.3, -0.25) is 0 Å². The molecule has 0 unspecified atom stereocenters. The largest absolute Gasteiger partial charge is 0.502 e. The lowest BCUT2D eigenvalue weighted by Crippen LogP contribution is -1.99. The van der Waals surface area contributed by atoms with Crippen LogP contribution in [0.15, 0.2) is 23.7 Å². The van der Waals surface area contributed by atoms with Gasteiger partial charge in [0.1, 0.15) is 5.76 Å². The van der Waals surface area contributed by atoms with Crippen molar-refractivity contribution in [3.05, 3.63) is 23.7 Å². The van der Waals surface area contributed by atoms with Crippen LogP contribution in [0.5, 0.6) is 0 Å². The van der Waals surface area contributed by atoms with Gasteiger partial charge in [-0.05, 0) is 0 Å². The number of esters is 2. The summed E-state index contributed by atoms with van der Waals surface area (Å²) in [5.41, 5.74) is 0. The van der Waals surface area contributed by atoms with E-state index in [0.29, 0.717) is 0 Å². The van der Waals surface area contributed by atoms with Crippen LogP contribution >= 0.6 is 0 Å². The van der Waals surface area contributed by atoms with Gasteiger partial charge in [0.05, 0.1) is 13.2 Å². The molecule has 0 radical (unpaired) electrons. The minimum Gasteiger partial charge on any atom is -0.502 e. The Hall–Kier alpha value is -1.78. The molecule has 0 aromatic heterocycles. The van der Waals surface area contributed by atoms with Gasteiger partial charge in [0.15, 0.2) is 0 Å². The maximum absolute atomic E-state index is 10.6. The van der Waals surface area contributed by atoms with Crippen LogP contribution in [0.3, 0.4) is 0 Å². The van der Waals surface area contributed by atoms with Gasteiger partial charge in [0.2, 0.25) is 5.76 Å². The first-order valence-electron chi connectivity index (χ1n) is 3.06. The molecule has 0 saturated heterocycles. The maximum atomic E-state index is 10.6. The molecule has 64 valence electrons. The molecule has 0 amide bonds. The SMILES string of the molecule is COC(=O)/C=C1\C=C(O)C(=O)O1. The Labute approximate surface area is 67.9 Å². The number of hydrogen-bond donors (Lipinski definition) is 1. The summed E-state index contributed by atoms with van der Waals surface area (Å²) in [6.45, 7) is 0. The Morgan fingerprint density at radius 1 is 1.75 bits per heavy atom. The Balaban J connectivity index is 2.75. The molecular weight excluding hydrogens is 164 g/mol. The summed E-state index contributed by atoms with van der Waals surface area (Å²) >= 11 is 0. The lowest BCUT2D eigenvalue weighted by atomic mass is 10.4. The zero-order chi connectivity index (χ0) is 9.14. The molecule has 0 bridgehead atoms. The fraction of sp³-hybridized carbons (Fsp3) is 0.143. The zero-order valence-electron chi connectivity index (χ0n) is 6.23. The first-order chi connectivity index (χ1) is 5.63. The van der Waals surface area contributed by atoms with Crippen LogP contribution in [0.1, 0.15) is 0 Å². The van der Waals surface area contributed by atoms with Crippen LogP contribution in [0.2, 0.25) is 0 Å². The first-order valence-corrected chi connectivity index (χ1v) is 3.06. The third kappa shape index (κ3) is 1.63. The Morgan fingerprint density at radius 2 is 2.42 bits per heavy atom. The fourth-order valence-corrected chi connectivity index (χ4v) is 0.629. The normalized spacial score (nSPS) is 18.9. The van der Waals surface area contributed by atoms with Crippen LogP contribution < -0.4 is 0 Å². The lowest BCUT2D eigenvalue weighted by Gasteiger charge is -1.93. The summed E-state index contributed by atoms with van der Waals surface area (Å²) in [5.74, 6) is -2.07. The van der Waals surface area contributed by atoms with Crippen LogP contribution in [-0.4, -0.2) is 24.2 Å². The molecule has 0 atom stereocenters. The highest BCUT2D eigenvalue weighted by molar-refractivity contribution is 5.92. The highest BCUT2D eigenvalue weighted by atomic mass is 16.6. The van der Waals surface area contributed by atoms with E-state index in [0.717, 1.165) is 12.2 Å². The standard InChI is InChI=1S/C7H6O5/c1-11-6(9)3-4-2-5(8)7(10)12-4/h2-3,8H,1H3/b4-3+. The summed E-state index contributed by atoms with van der Waals surface area (Å²) in [4.78, 5) is 21.1. The smallest absolute Gasteiger partial charge is 0.378 e. The van der Waals surface area contributed by atoms with Gasteiger partial charge in [-0.15, -0.1) is 0 Å². The van der Waals surface area contributed by atoms with Crippen molar-refractivity contribution < 1.29 is 24.2 Å². The van der Waals surface area contributed by atoms with Gasteiger partial charge in [-0.25, -0.2) is 9.59 Å². The minimum absolute atomic E-state index is 0.0237. The first kappa shape index (κ1) is 8.32. The molecular formula is C7H6O5. The lowest BCUT2D eigenvalue weighted by molar-refractivity contribution is -0.136. The number of carbonyl (C=O) groups excluding carboxylic acids is 2. The van der Waals surface area contributed by atoms with Crippen molar-refractivity contribution >= 4 is 11.9 Å². The number of cyclic esters (lactones) is 1. The number of methoxy groups -OCH3 is 1. The molecule has 1 heterocycles. The van der Waals surface area contributed by atoms with E-state index in [-0.39, 0.29) is 5.76 Å². The van der Waals surface area contributed by atoms with Gasteiger partial charge in [-0.2, -0.15) is 0 Å². The van der Waals surface area contributed by atoms with E-state index in [1.807, 2.05) is 0 Å². The Morgan fingerprint density at radius 3 is 2.83 bits per heavy atom. The second-order valence-electron chi connectivity index (χ2n) is 1.99. The van der Waals surface area contributed by atoms with E-state index >= 15 is 0 Å². The molecule has 5 heteroatoms. The molecule has 0 saturated carbocycles. The van der Waals surface area contributed by atoms with E-state index in [1.165, 1.54) is 7.11 Å². The molecule has 0 aromatic rings. The Bertz CT molecular complexity index is 286. The van der Waals surface area contributed by atoms with E-state index in [2.05, 4.69) is 9.47 Å². The third-order valence-electron chi connectivity index (χ3n) is 1.16. The van der Waals surface area contributed by atoms with Gasteiger partial charge < -0.3 is 14.6 Å². The third-order valence-corrected chi connectivity index (χ3v) is 1.16. The molecule has 12 heavy (non-hydrogen) atoms. The van der Waals surface area contributed by atoms with Gasteiger partial charge in [0, 0.05) is 6.08 Å².